The first-order valence-corrected chi connectivity index (χ1v) is 9.72. The highest BCUT2D eigenvalue weighted by Crippen LogP contribution is 2.32. The number of hydrogen-bond acceptors (Lipinski definition) is 7. The summed E-state index contributed by atoms with van der Waals surface area (Å²) in [5, 5.41) is 16.0. The molecule has 1 amide bonds. The molecule has 8 nitrogen and oxygen atoms in total. The Morgan fingerprint density at radius 2 is 1.89 bits per heavy atom. The number of methoxy groups -OCH3 is 2. The number of hydrogen-bond donors (Lipinski definition) is 1. The molecule has 0 fully saturated rings. The highest BCUT2D eigenvalue weighted by atomic mass is 79.9. The minimum Gasteiger partial charge on any atom is -0.493 e. The number of carbonyl (C=O) groups is 1. The zero-order valence-electron chi connectivity index (χ0n) is 14.8. The summed E-state index contributed by atoms with van der Waals surface area (Å²) in [6, 6.07) is 12.6. The molecular weight excluding hydrogens is 446 g/mol. The van der Waals surface area contributed by atoms with Crippen LogP contribution in [-0.4, -0.2) is 39.9 Å². The standard InChI is InChI=1S/C18H14BrN5O3S/c1-26-13-8-7-10(9-14(13)27-2)15-21-22-18-24(15)23-17(28-18)20-16(25)11-5-3-4-6-12(11)19/h3-9H,1-2H3,(H,20,23,25). The van der Waals surface area contributed by atoms with E-state index in [1.807, 2.05) is 18.2 Å². The minimum atomic E-state index is -0.259. The first-order chi connectivity index (χ1) is 13.6. The zero-order valence-corrected chi connectivity index (χ0v) is 17.2. The van der Waals surface area contributed by atoms with E-state index in [1.165, 1.54) is 11.3 Å². The summed E-state index contributed by atoms with van der Waals surface area (Å²) >= 11 is 4.61. The van der Waals surface area contributed by atoms with E-state index in [4.69, 9.17) is 9.47 Å². The van der Waals surface area contributed by atoms with Gasteiger partial charge in [0.2, 0.25) is 10.1 Å². The van der Waals surface area contributed by atoms with E-state index in [9.17, 15) is 4.79 Å². The molecule has 4 aromatic rings. The molecule has 0 aliphatic heterocycles. The lowest BCUT2D eigenvalue weighted by Gasteiger charge is -2.08. The Kier molecular flexibility index (Phi) is 4.97. The third-order valence-corrected chi connectivity index (χ3v) is 5.48. The Bertz CT molecular complexity index is 1170. The van der Waals surface area contributed by atoms with Crippen LogP contribution in [-0.2, 0) is 0 Å². The monoisotopic (exact) mass is 459 g/mol. The van der Waals surface area contributed by atoms with E-state index < -0.39 is 0 Å². The predicted octanol–water partition coefficient (Wildman–Crippen LogP) is 3.88. The molecule has 0 aliphatic rings. The SMILES string of the molecule is COc1ccc(-c2nnc3sc(NC(=O)c4ccccc4Br)nn23)cc1OC. The number of nitrogens with zero attached hydrogens (tertiary/aromatic N) is 4. The Hall–Kier alpha value is -2.98. The van der Waals surface area contributed by atoms with Crippen molar-refractivity contribution in [2.45, 2.75) is 0 Å². The number of ether oxygens (including phenoxy) is 2. The van der Waals surface area contributed by atoms with E-state index in [2.05, 4.69) is 36.5 Å². The van der Waals surface area contributed by atoms with Crippen molar-refractivity contribution in [2.24, 2.45) is 0 Å². The van der Waals surface area contributed by atoms with Gasteiger partial charge in [0.15, 0.2) is 17.3 Å². The number of anilines is 1. The smallest absolute Gasteiger partial charge is 0.258 e. The van der Waals surface area contributed by atoms with Crippen LogP contribution in [0.4, 0.5) is 5.13 Å². The molecule has 2 heterocycles. The molecule has 4 rings (SSSR count). The second-order valence-electron chi connectivity index (χ2n) is 5.63. The summed E-state index contributed by atoms with van der Waals surface area (Å²) in [6.07, 6.45) is 0. The van der Waals surface area contributed by atoms with Gasteiger partial charge in [0.25, 0.3) is 5.91 Å². The van der Waals surface area contributed by atoms with Gasteiger partial charge in [0.1, 0.15) is 0 Å². The van der Waals surface area contributed by atoms with Gasteiger partial charge in [-0.25, -0.2) is 0 Å². The second kappa shape index (κ2) is 7.56. The molecule has 0 saturated carbocycles. The van der Waals surface area contributed by atoms with Gasteiger partial charge in [-0.2, -0.15) is 4.52 Å². The number of halogens is 1. The summed E-state index contributed by atoms with van der Waals surface area (Å²) in [7, 11) is 3.15. The van der Waals surface area contributed by atoms with Gasteiger partial charge in [-0.05, 0) is 46.3 Å². The summed E-state index contributed by atoms with van der Waals surface area (Å²) < 4.78 is 12.9. The Labute approximate surface area is 172 Å². The fourth-order valence-corrected chi connectivity index (χ4v) is 3.83. The van der Waals surface area contributed by atoms with E-state index in [0.29, 0.717) is 37.5 Å². The second-order valence-corrected chi connectivity index (χ2v) is 7.44. The van der Waals surface area contributed by atoms with Gasteiger partial charge in [-0.15, -0.1) is 15.3 Å². The van der Waals surface area contributed by atoms with Crippen LogP contribution in [0.2, 0.25) is 0 Å². The first kappa shape index (κ1) is 18.4. The molecule has 2 aromatic carbocycles. The fourth-order valence-electron chi connectivity index (χ4n) is 2.63. The lowest BCUT2D eigenvalue weighted by atomic mass is 10.2. The number of aromatic nitrogens is 4. The average Bonchev–Trinajstić information content (AvgIpc) is 3.27. The largest absolute Gasteiger partial charge is 0.493 e. The van der Waals surface area contributed by atoms with Crippen molar-refractivity contribution < 1.29 is 14.3 Å². The van der Waals surface area contributed by atoms with Gasteiger partial charge in [-0.3, -0.25) is 10.1 Å². The molecule has 0 spiro atoms. The average molecular weight is 460 g/mol. The first-order valence-electron chi connectivity index (χ1n) is 8.11. The molecule has 28 heavy (non-hydrogen) atoms. The molecule has 10 heteroatoms. The van der Waals surface area contributed by atoms with E-state index in [1.54, 1.807) is 43.0 Å². The van der Waals surface area contributed by atoms with Crippen LogP contribution in [0.5, 0.6) is 11.5 Å². The summed E-state index contributed by atoms with van der Waals surface area (Å²) in [6.45, 7) is 0. The molecule has 0 saturated heterocycles. The van der Waals surface area contributed by atoms with Crippen LogP contribution >= 0.6 is 27.3 Å². The highest BCUT2D eigenvalue weighted by molar-refractivity contribution is 9.10. The Morgan fingerprint density at radius 1 is 1.11 bits per heavy atom. The third-order valence-electron chi connectivity index (χ3n) is 3.97. The van der Waals surface area contributed by atoms with Gasteiger partial charge in [0.05, 0.1) is 19.8 Å². The van der Waals surface area contributed by atoms with E-state index in [-0.39, 0.29) is 5.91 Å². The molecule has 0 radical (unpaired) electrons. The normalized spacial score (nSPS) is 10.8. The maximum Gasteiger partial charge on any atom is 0.258 e. The van der Waals surface area contributed by atoms with Crippen LogP contribution in [0.3, 0.4) is 0 Å². The summed E-state index contributed by atoms with van der Waals surface area (Å²) in [5.74, 6) is 1.47. The maximum atomic E-state index is 12.5. The lowest BCUT2D eigenvalue weighted by Crippen LogP contribution is -2.12. The minimum absolute atomic E-state index is 0.259. The highest BCUT2D eigenvalue weighted by Gasteiger charge is 2.17. The van der Waals surface area contributed by atoms with Crippen molar-refractivity contribution in [3.05, 3.63) is 52.5 Å². The van der Waals surface area contributed by atoms with Gasteiger partial charge in [0, 0.05) is 10.0 Å². The van der Waals surface area contributed by atoms with Crippen molar-refractivity contribution in [1.82, 2.24) is 19.8 Å². The Morgan fingerprint density at radius 3 is 2.64 bits per heavy atom. The van der Waals surface area contributed by atoms with Crippen LogP contribution in [0.15, 0.2) is 46.9 Å². The van der Waals surface area contributed by atoms with Gasteiger partial charge >= 0.3 is 0 Å². The number of fused-ring (bicyclic) bond motifs is 1. The molecule has 0 unspecified atom stereocenters. The van der Waals surface area contributed by atoms with Gasteiger partial charge in [-0.1, -0.05) is 23.5 Å². The molecule has 0 bridgehead atoms. The van der Waals surface area contributed by atoms with Crippen molar-refractivity contribution in [3.63, 3.8) is 0 Å². The number of amides is 1. The lowest BCUT2D eigenvalue weighted by molar-refractivity contribution is 0.102. The molecule has 2 aromatic heterocycles. The van der Waals surface area contributed by atoms with Crippen LogP contribution in [0.1, 0.15) is 10.4 Å². The van der Waals surface area contributed by atoms with Crippen molar-refractivity contribution in [3.8, 4) is 22.9 Å². The van der Waals surface area contributed by atoms with E-state index >= 15 is 0 Å². The molecular formula is C18H14BrN5O3S. The summed E-state index contributed by atoms with van der Waals surface area (Å²) in [5.41, 5.74) is 1.28. The quantitative estimate of drug-likeness (QED) is 0.486. The van der Waals surface area contributed by atoms with Crippen LogP contribution < -0.4 is 14.8 Å². The Balaban J connectivity index is 1.66. The molecule has 0 atom stereocenters. The number of rotatable bonds is 5. The molecule has 1 N–H and O–H groups in total. The summed E-state index contributed by atoms with van der Waals surface area (Å²) in [4.78, 5) is 13.1. The third kappa shape index (κ3) is 3.32. The number of carbonyl (C=O) groups excluding carboxylic acids is 1. The number of nitrogens with one attached hydrogen (secondary N) is 1. The topological polar surface area (TPSA) is 90.6 Å². The predicted molar refractivity (Wildman–Crippen MR) is 109 cm³/mol. The maximum absolute atomic E-state index is 12.5. The molecule has 142 valence electrons. The van der Waals surface area contributed by atoms with Crippen molar-refractivity contribution >= 4 is 43.3 Å². The zero-order chi connectivity index (χ0) is 19.7. The van der Waals surface area contributed by atoms with Crippen molar-refractivity contribution in [1.29, 1.82) is 0 Å². The van der Waals surface area contributed by atoms with Crippen molar-refractivity contribution in [2.75, 3.05) is 19.5 Å². The van der Waals surface area contributed by atoms with Crippen LogP contribution in [0, 0.1) is 0 Å². The molecule has 0 aliphatic carbocycles. The van der Waals surface area contributed by atoms with E-state index in [0.717, 1.165) is 5.56 Å². The number of benzene rings is 2. The van der Waals surface area contributed by atoms with Crippen LogP contribution in [0.25, 0.3) is 16.3 Å². The van der Waals surface area contributed by atoms with Gasteiger partial charge < -0.3 is 9.47 Å². The fraction of sp³-hybridized carbons (Fsp3) is 0.111.